The summed E-state index contributed by atoms with van der Waals surface area (Å²) >= 11 is 0. The number of rotatable bonds is 8. The van der Waals surface area contributed by atoms with E-state index in [0.29, 0.717) is 24.1 Å². The van der Waals surface area contributed by atoms with Gasteiger partial charge in [0, 0.05) is 20.6 Å². The van der Waals surface area contributed by atoms with Crippen molar-refractivity contribution in [2.24, 2.45) is 4.99 Å². The largest absolute Gasteiger partial charge is 0.491 e. The predicted octanol–water partition coefficient (Wildman–Crippen LogP) is -0.441. The number of imide groups is 1. The van der Waals surface area contributed by atoms with Crippen LogP contribution in [0.25, 0.3) is 0 Å². The van der Waals surface area contributed by atoms with Crippen molar-refractivity contribution in [3.8, 4) is 5.75 Å². The van der Waals surface area contributed by atoms with Crippen LogP contribution in [0.15, 0.2) is 29.3 Å². The van der Waals surface area contributed by atoms with Crippen molar-refractivity contribution in [1.82, 2.24) is 20.0 Å². The first-order chi connectivity index (χ1) is 14.7. The molecule has 0 saturated carbocycles. The molecule has 2 unspecified atom stereocenters. The van der Waals surface area contributed by atoms with Gasteiger partial charge in [0.05, 0.1) is 13.1 Å². The van der Waals surface area contributed by atoms with Crippen molar-refractivity contribution < 1.29 is 24.0 Å². The lowest BCUT2D eigenvalue weighted by molar-refractivity contribution is -0.545. The normalized spacial score (nSPS) is 19.7. The van der Waals surface area contributed by atoms with Gasteiger partial charge in [-0.05, 0) is 38.7 Å². The van der Waals surface area contributed by atoms with Gasteiger partial charge in [0.25, 0.3) is 5.91 Å². The Morgan fingerprint density at radius 2 is 2.03 bits per heavy atom. The Balaban J connectivity index is 1.77. The smallest absolute Gasteiger partial charge is 0.390 e. The van der Waals surface area contributed by atoms with Gasteiger partial charge >= 0.3 is 12.0 Å². The van der Waals surface area contributed by atoms with Crippen LogP contribution in [0.2, 0.25) is 0 Å². The van der Waals surface area contributed by atoms with Crippen LogP contribution >= 0.6 is 0 Å². The van der Waals surface area contributed by atoms with E-state index in [0.717, 1.165) is 17.0 Å². The fraction of sp³-hybridized carbons (Fsp3) is 0.524. The minimum Gasteiger partial charge on any atom is -0.491 e. The van der Waals surface area contributed by atoms with Gasteiger partial charge in [-0.15, -0.1) is 0 Å². The summed E-state index contributed by atoms with van der Waals surface area (Å²) in [6.07, 6.45) is -0.873. The third-order valence-corrected chi connectivity index (χ3v) is 5.21. The monoisotopic (exact) mass is 431 g/mol. The van der Waals surface area contributed by atoms with E-state index >= 15 is 0 Å². The third-order valence-electron chi connectivity index (χ3n) is 5.21. The molecule has 0 bridgehead atoms. The van der Waals surface area contributed by atoms with Gasteiger partial charge in [-0.2, -0.15) is 0 Å². The van der Waals surface area contributed by atoms with E-state index < -0.39 is 18.2 Å². The number of guanidine groups is 1. The highest BCUT2D eigenvalue weighted by Crippen LogP contribution is 2.19. The number of urea groups is 1. The lowest BCUT2D eigenvalue weighted by Crippen LogP contribution is -2.62. The fourth-order valence-electron chi connectivity index (χ4n) is 3.50. The Labute approximate surface area is 182 Å². The number of hydrogen-bond donors (Lipinski definition) is 2. The molecule has 0 radical (unpaired) electrons. The van der Waals surface area contributed by atoms with E-state index in [1.165, 1.54) is 11.9 Å². The second-order valence-corrected chi connectivity index (χ2v) is 8.10. The average molecular weight is 432 g/mol. The summed E-state index contributed by atoms with van der Waals surface area (Å²) in [7, 11) is 6.96. The van der Waals surface area contributed by atoms with Crippen molar-refractivity contribution >= 4 is 23.7 Å². The molecule has 2 N–H and O–H groups in total. The highest BCUT2D eigenvalue weighted by atomic mass is 16.5. The molecule has 1 aromatic carbocycles. The Kier molecular flexibility index (Phi) is 6.91. The molecule has 0 spiro atoms. The van der Waals surface area contributed by atoms with Gasteiger partial charge in [0.15, 0.2) is 0 Å². The molecule has 3 amide bonds. The molecule has 168 valence electrons. The van der Waals surface area contributed by atoms with Crippen LogP contribution in [0.1, 0.15) is 5.56 Å². The summed E-state index contributed by atoms with van der Waals surface area (Å²) in [6.45, 7) is 3.51. The predicted molar refractivity (Wildman–Crippen MR) is 117 cm³/mol. The van der Waals surface area contributed by atoms with E-state index in [1.54, 1.807) is 11.6 Å². The average Bonchev–Trinajstić information content (AvgIpc) is 3.07. The Morgan fingerprint density at radius 1 is 1.29 bits per heavy atom. The standard InChI is InChI=1S/C21H30N6O4/c1-14-7-6-8-16(11-14)31-13-15(28)12-27-17-18(23-20(27)22-9-10-24(2)3)25(4)21(30)26(5)19(17)29/h6-8,11,15,17,28H,9-10,12-13H2,1-5H3/p+1. The van der Waals surface area contributed by atoms with Crippen LogP contribution in [0.5, 0.6) is 5.75 Å². The number of aliphatic hydroxyl groups excluding tert-OH is 1. The van der Waals surface area contributed by atoms with E-state index in [4.69, 9.17) is 4.74 Å². The molecule has 10 nitrogen and oxygen atoms in total. The fourth-order valence-corrected chi connectivity index (χ4v) is 3.50. The number of fused-ring (bicyclic) bond motifs is 1. The highest BCUT2D eigenvalue weighted by molar-refractivity contribution is 6.22. The molecule has 1 aromatic rings. The molecule has 2 aliphatic heterocycles. The summed E-state index contributed by atoms with van der Waals surface area (Å²) in [5.41, 5.74) is 1.06. The molecule has 31 heavy (non-hydrogen) atoms. The van der Waals surface area contributed by atoms with E-state index in [-0.39, 0.29) is 19.1 Å². The number of nitrogens with one attached hydrogen (secondary N) is 1. The maximum absolute atomic E-state index is 12.9. The number of aryl methyl sites for hydroxylation is 1. The van der Waals surface area contributed by atoms with E-state index in [2.05, 4.69) is 10.3 Å². The number of aliphatic hydroxyl groups is 1. The number of β-amino-alcohol motifs (C(OH)–C–C–N with tert-alkyl or cyclic N) is 1. The number of carbonyl (C=O) groups is 2. The van der Waals surface area contributed by atoms with E-state index in [9.17, 15) is 14.7 Å². The molecule has 0 aliphatic carbocycles. The third kappa shape index (κ3) is 5.02. The van der Waals surface area contributed by atoms with Crippen molar-refractivity contribution in [3.05, 3.63) is 29.8 Å². The molecule has 3 rings (SSSR count). The van der Waals surface area contributed by atoms with Crippen LogP contribution in [0.3, 0.4) is 0 Å². The number of aliphatic imine (C=N–C) groups is 1. The first-order valence-corrected chi connectivity index (χ1v) is 10.2. The zero-order valence-electron chi connectivity index (χ0n) is 18.7. The molecule has 2 heterocycles. The first-order valence-electron chi connectivity index (χ1n) is 10.2. The summed E-state index contributed by atoms with van der Waals surface area (Å²) < 4.78 is 7.42. The quantitative estimate of drug-likeness (QED) is 0.542. The van der Waals surface area contributed by atoms with Crippen molar-refractivity contribution in [3.63, 3.8) is 0 Å². The van der Waals surface area contributed by atoms with Crippen molar-refractivity contribution in [1.29, 1.82) is 0 Å². The number of nitrogens with zero attached hydrogens (tertiary/aromatic N) is 5. The molecule has 0 aromatic heterocycles. The van der Waals surface area contributed by atoms with Gasteiger partial charge in [-0.25, -0.2) is 9.37 Å². The molecular weight excluding hydrogens is 400 g/mol. The number of amidine groups is 1. The number of amides is 3. The lowest BCUT2D eigenvalue weighted by atomic mass is 10.1. The molecule has 1 fully saturated rings. The first kappa shape index (κ1) is 22.7. The van der Waals surface area contributed by atoms with Crippen molar-refractivity contribution in [2.75, 3.05) is 54.4 Å². The molecule has 2 aliphatic rings. The highest BCUT2D eigenvalue weighted by Gasteiger charge is 2.51. The maximum Gasteiger partial charge on any atom is 0.390 e. The van der Waals surface area contributed by atoms with Gasteiger partial charge in [0.2, 0.25) is 11.9 Å². The van der Waals surface area contributed by atoms with Crippen LogP contribution in [0, 0.1) is 6.92 Å². The number of hydrogen-bond acceptors (Lipinski definition) is 7. The Bertz CT molecular complexity index is 913. The van der Waals surface area contributed by atoms with Gasteiger partial charge in [0.1, 0.15) is 18.5 Å². The number of benzene rings is 1. The Morgan fingerprint density at radius 3 is 2.71 bits per heavy atom. The summed E-state index contributed by atoms with van der Waals surface area (Å²) in [5, 5.41) is 13.9. The lowest BCUT2D eigenvalue weighted by Gasteiger charge is -2.32. The number of ether oxygens (including phenoxy) is 1. The van der Waals surface area contributed by atoms with Gasteiger partial charge in [-0.1, -0.05) is 17.1 Å². The Hall–Kier alpha value is -2.98. The van der Waals surface area contributed by atoms with Crippen molar-refractivity contribution in [2.45, 2.75) is 19.1 Å². The minimum absolute atomic E-state index is 0.0613. The number of likely N-dealkylation sites (N-methyl/N-ethyl adjacent to an activating group) is 3. The minimum atomic E-state index is -0.873. The van der Waals surface area contributed by atoms with Gasteiger partial charge in [-0.3, -0.25) is 19.9 Å². The molecule has 2 atom stereocenters. The maximum atomic E-state index is 12.9. The topological polar surface area (TPSA) is 101 Å². The zero-order valence-corrected chi connectivity index (χ0v) is 18.7. The summed E-state index contributed by atoms with van der Waals surface area (Å²) in [4.78, 5) is 34.2. The second-order valence-electron chi connectivity index (χ2n) is 8.10. The van der Waals surface area contributed by atoms with Gasteiger partial charge < -0.3 is 14.7 Å². The van der Waals surface area contributed by atoms with Crippen LogP contribution in [-0.2, 0) is 4.79 Å². The van der Waals surface area contributed by atoms with Crippen LogP contribution < -0.4 is 10.1 Å². The van der Waals surface area contributed by atoms with Crippen LogP contribution in [-0.4, -0.2) is 115 Å². The summed E-state index contributed by atoms with van der Waals surface area (Å²) in [6, 6.07) is 6.38. The molecule has 1 saturated heterocycles. The SMILES string of the molecule is Cc1cccc(OCC(O)C[N+]2=C(NCCN(C)C)N=C3C2C(=O)N(C)C(=O)N3C)c1. The van der Waals surface area contributed by atoms with E-state index in [1.807, 2.05) is 50.2 Å². The second kappa shape index (κ2) is 9.44. The molecular formula is C21H31N6O4+. The van der Waals surface area contributed by atoms with Crippen LogP contribution in [0.4, 0.5) is 4.79 Å². The number of carbonyl (C=O) groups excluding carboxylic acids is 2. The molecule has 10 heteroatoms. The zero-order chi connectivity index (χ0) is 22.7. The summed E-state index contributed by atoms with van der Waals surface area (Å²) in [5.74, 6) is 1.11.